The fraction of sp³-hybridized carbons (Fsp3) is 0.857. The first-order chi connectivity index (χ1) is 4.95. The molecule has 0 saturated heterocycles. The van der Waals surface area contributed by atoms with Crippen molar-refractivity contribution in [2.45, 2.75) is 26.4 Å². The number of ether oxygens (including phenoxy) is 1. The number of aliphatic hydroxyl groups excluding tert-OH is 1. The van der Waals surface area contributed by atoms with Crippen LogP contribution in [0.2, 0.25) is 0 Å². The van der Waals surface area contributed by atoms with E-state index in [2.05, 4.69) is 5.32 Å². The molecule has 11 heavy (non-hydrogen) atoms. The summed E-state index contributed by atoms with van der Waals surface area (Å²) in [5.74, 6) is -0.355. The molecule has 0 bridgehead atoms. The van der Waals surface area contributed by atoms with Crippen molar-refractivity contribution in [3.8, 4) is 0 Å². The molecule has 0 radical (unpaired) electrons. The van der Waals surface area contributed by atoms with E-state index in [1.165, 1.54) is 0 Å². The Balaban J connectivity index is 3.53. The van der Waals surface area contributed by atoms with Gasteiger partial charge < -0.3 is 9.84 Å². The smallest absolute Gasteiger partial charge is 0.320 e. The summed E-state index contributed by atoms with van der Waals surface area (Å²) < 4.78 is 4.93. The maximum Gasteiger partial charge on any atom is 0.320 e. The van der Waals surface area contributed by atoms with E-state index in [1.807, 2.05) is 0 Å². The summed E-state index contributed by atoms with van der Waals surface area (Å²) in [4.78, 5) is 10.8. The molecule has 0 rings (SSSR count). The highest BCUT2D eigenvalue weighted by molar-refractivity contribution is 5.72. The SMILES string of the molecule is CC(C)(C)OC(=O)CNCO. The van der Waals surface area contributed by atoms with Crippen molar-refractivity contribution in [2.75, 3.05) is 13.3 Å². The van der Waals surface area contributed by atoms with Crippen LogP contribution in [0.5, 0.6) is 0 Å². The molecular formula is C7H15NO3. The Morgan fingerprint density at radius 3 is 2.45 bits per heavy atom. The summed E-state index contributed by atoms with van der Waals surface area (Å²) in [5, 5.41) is 10.7. The lowest BCUT2D eigenvalue weighted by Gasteiger charge is -2.19. The van der Waals surface area contributed by atoms with E-state index in [0.717, 1.165) is 0 Å². The fourth-order valence-corrected chi connectivity index (χ4v) is 0.536. The van der Waals surface area contributed by atoms with Gasteiger partial charge in [0.1, 0.15) is 5.60 Å². The van der Waals surface area contributed by atoms with Crippen LogP contribution >= 0.6 is 0 Å². The first-order valence-electron chi connectivity index (χ1n) is 3.49. The quantitative estimate of drug-likeness (QED) is 0.447. The van der Waals surface area contributed by atoms with Crippen LogP contribution in [0.15, 0.2) is 0 Å². The Bertz CT molecular complexity index is 128. The fourth-order valence-electron chi connectivity index (χ4n) is 0.536. The predicted octanol–water partition coefficient (Wildman–Crippen LogP) is -0.132. The molecule has 2 N–H and O–H groups in total. The maximum atomic E-state index is 10.8. The summed E-state index contributed by atoms with van der Waals surface area (Å²) in [7, 11) is 0. The van der Waals surface area contributed by atoms with E-state index in [1.54, 1.807) is 20.8 Å². The molecule has 0 atom stereocenters. The van der Waals surface area contributed by atoms with Crippen LogP contribution in [0.3, 0.4) is 0 Å². The van der Waals surface area contributed by atoms with Crippen molar-refractivity contribution in [2.24, 2.45) is 0 Å². The Morgan fingerprint density at radius 1 is 1.55 bits per heavy atom. The number of carbonyl (C=O) groups excluding carboxylic acids is 1. The highest BCUT2D eigenvalue weighted by atomic mass is 16.6. The van der Waals surface area contributed by atoms with Gasteiger partial charge in [-0.05, 0) is 20.8 Å². The molecule has 0 aromatic rings. The van der Waals surface area contributed by atoms with Crippen LogP contribution in [-0.4, -0.2) is 30.0 Å². The highest BCUT2D eigenvalue weighted by Crippen LogP contribution is 2.05. The minimum absolute atomic E-state index is 0.0494. The van der Waals surface area contributed by atoms with Gasteiger partial charge in [0.25, 0.3) is 0 Å². The molecule has 0 spiro atoms. The molecule has 0 heterocycles. The Hall–Kier alpha value is -0.610. The van der Waals surface area contributed by atoms with Gasteiger partial charge in [-0.3, -0.25) is 10.1 Å². The van der Waals surface area contributed by atoms with Gasteiger partial charge in [-0.2, -0.15) is 0 Å². The molecule has 66 valence electrons. The number of esters is 1. The van der Waals surface area contributed by atoms with Crippen molar-refractivity contribution in [3.63, 3.8) is 0 Å². The number of aliphatic hydroxyl groups is 1. The third kappa shape index (κ3) is 7.29. The first kappa shape index (κ1) is 10.4. The lowest BCUT2D eigenvalue weighted by Crippen LogP contribution is -2.31. The van der Waals surface area contributed by atoms with Crippen molar-refractivity contribution < 1.29 is 14.6 Å². The van der Waals surface area contributed by atoms with Gasteiger partial charge in [0.15, 0.2) is 0 Å². The Labute approximate surface area is 66.5 Å². The van der Waals surface area contributed by atoms with E-state index in [4.69, 9.17) is 9.84 Å². The molecule has 0 aromatic carbocycles. The topological polar surface area (TPSA) is 58.6 Å². The molecule has 4 nitrogen and oxygen atoms in total. The summed E-state index contributed by atoms with van der Waals surface area (Å²) in [6, 6.07) is 0. The van der Waals surface area contributed by atoms with E-state index >= 15 is 0 Å². The molecule has 0 aliphatic carbocycles. The number of nitrogens with one attached hydrogen (secondary N) is 1. The van der Waals surface area contributed by atoms with Crippen molar-refractivity contribution in [3.05, 3.63) is 0 Å². The minimum atomic E-state index is -0.450. The van der Waals surface area contributed by atoms with Gasteiger partial charge in [0.2, 0.25) is 0 Å². The van der Waals surface area contributed by atoms with Crippen LogP contribution in [-0.2, 0) is 9.53 Å². The molecule has 0 aromatic heterocycles. The third-order valence-electron chi connectivity index (χ3n) is 0.801. The first-order valence-corrected chi connectivity index (χ1v) is 3.49. The van der Waals surface area contributed by atoms with Crippen LogP contribution in [0.25, 0.3) is 0 Å². The second-order valence-corrected chi connectivity index (χ2v) is 3.17. The molecule has 0 amide bonds. The molecule has 0 fully saturated rings. The Morgan fingerprint density at radius 2 is 2.09 bits per heavy atom. The zero-order chi connectivity index (χ0) is 8.91. The van der Waals surface area contributed by atoms with E-state index in [9.17, 15) is 4.79 Å². The number of hydrogen-bond acceptors (Lipinski definition) is 4. The summed E-state index contributed by atoms with van der Waals surface area (Å²) in [6.45, 7) is 5.23. The number of rotatable bonds is 3. The average molecular weight is 161 g/mol. The van der Waals surface area contributed by atoms with Gasteiger partial charge in [0, 0.05) is 0 Å². The van der Waals surface area contributed by atoms with Crippen molar-refractivity contribution in [1.82, 2.24) is 5.32 Å². The van der Waals surface area contributed by atoms with Gasteiger partial charge in [0.05, 0.1) is 13.3 Å². The standard InChI is InChI=1S/C7H15NO3/c1-7(2,3)11-6(10)4-8-5-9/h8-9H,4-5H2,1-3H3. The van der Waals surface area contributed by atoms with Crippen LogP contribution in [0.4, 0.5) is 0 Å². The molecular weight excluding hydrogens is 146 g/mol. The molecule has 0 aliphatic heterocycles. The summed E-state index contributed by atoms with van der Waals surface area (Å²) in [6.07, 6.45) is 0. The van der Waals surface area contributed by atoms with Crippen LogP contribution in [0.1, 0.15) is 20.8 Å². The maximum absolute atomic E-state index is 10.8. The van der Waals surface area contributed by atoms with Gasteiger partial charge in [-0.1, -0.05) is 0 Å². The molecule has 0 aliphatic rings. The van der Waals surface area contributed by atoms with E-state index in [-0.39, 0.29) is 19.2 Å². The average Bonchev–Trinajstić information content (AvgIpc) is 1.79. The monoisotopic (exact) mass is 161 g/mol. The molecule has 0 unspecified atom stereocenters. The Kier molecular flexibility index (Phi) is 4.07. The number of carbonyl (C=O) groups is 1. The second kappa shape index (κ2) is 4.31. The van der Waals surface area contributed by atoms with Crippen LogP contribution < -0.4 is 5.32 Å². The zero-order valence-electron chi connectivity index (χ0n) is 7.18. The minimum Gasteiger partial charge on any atom is -0.459 e. The van der Waals surface area contributed by atoms with E-state index < -0.39 is 5.60 Å². The molecule has 4 heteroatoms. The predicted molar refractivity (Wildman–Crippen MR) is 40.9 cm³/mol. The van der Waals surface area contributed by atoms with Gasteiger partial charge in [-0.15, -0.1) is 0 Å². The normalized spacial score (nSPS) is 11.3. The highest BCUT2D eigenvalue weighted by Gasteiger charge is 2.15. The largest absolute Gasteiger partial charge is 0.459 e. The van der Waals surface area contributed by atoms with Gasteiger partial charge >= 0.3 is 5.97 Å². The lowest BCUT2D eigenvalue weighted by atomic mass is 10.2. The lowest BCUT2D eigenvalue weighted by molar-refractivity contribution is -0.153. The summed E-state index contributed by atoms with van der Waals surface area (Å²) >= 11 is 0. The zero-order valence-corrected chi connectivity index (χ0v) is 7.18. The van der Waals surface area contributed by atoms with Crippen molar-refractivity contribution >= 4 is 5.97 Å². The third-order valence-corrected chi connectivity index (χ3v) is 0.801. The van der Waals surface area contributed by atoms with Gasteiger partial charge in [-0.25, -0.2) is 0 Å². The van der Waals surface area contributed by atoms with E-state index in [0.29, 0.717) is 0 Å². The summed E-state index contributed by atoms with van der Waals surface area (Å²) in [5.41, 5.74) is -0.450. The molecule has 0 saturated carbocycles. The van der Waals surface area contributed by atoms with Crippen LogP contribution in [0, 0.1) is 0 Å². The number of hydrogen-bond donors (Lipinski definition) is 2. The second-order valence-electron chi connectivity index (χ2n) is 3.17. The van der Waals surface area contributed by atoms with Crippen molar-refractivity contribution in [1.29, 1.82) is 0 Å².